The van der Waals surface area contributed by atoms with E-state index in [1.54, 1.807) is 0 Å². The first kappa shape index (κ1) is 16.1. The van der Waals surface area contributed by atoms with Gasteiger partial charge in [0.15, 0.2) is 5.96 Å². The van der Waals surface area contributed by atoms with E-state index >= 15 is 0 Å². The van der Waals surface area contributed by atoms with E-state index in [2.05, 4.69) is 20.6 Å². The highest BCUT2D eigenvalue weighted by molar-refractivity contribution is 5.80. The molecule has 1 heterocycles. The summed E-state index contributed by atoms with van der Waals surface area (Å²) in [6.45, 7) is 0.155. The number of fused-ring (bicyclic) bond motifs is 1. The van der Waals surface area contributed by atoms with Gasteiger partial charge in [-0.15, -0.1) is 0 Å². The van der Waals surface area contributed by atoms with Crippen molar-refractivity contribution in [3.05, 3.63) is 30.1 Å². The third-order valence-corrected chi connectivity index (χ3v) is 3.22. The molecule has 120 valence electrons. The zero-order valence-electron chi connectivity index (χ0n) is 12.4. The summed E-state index contributed by atoms with van der Waals surface area (Å²) in [5, 5.41) is 5.59. The molecular formula is C14H18F3N5. The summed E-state index contributed by atoms with van der Waals surface area (Å²) in [7, 11) is 3.41. The average molecular weight is 313 g/mol. The van der Waals surface area contributed by atoms with Crippen LogP contribution in [0, 0.1) is 0 Å². The van der Waals surface area contributed by atoms with Crippen LogP contribution in [0.5, 0.6) is 0 Å². The van der Waals surface area contributed by atoms with Crippen molar-refractivity contribution in [1.29, 1.82) is 0 Å². The van der Waals surface area contributed by atoms with Crippen LogP contribution in [-0.2, 0) is 13.6 Å². The van der Waals surface area contributed by atoms with Gasteiger partial charge in [-0.2, -0.15) is 13.2 Å². The molecule has 2 rings (SSSR count). The monoisotopic (exact) mass is 313 g/mol. The smallest absolute Gasteiger partial charge is 0.356 e. The van der Waals surface area contributed by atoms with Crippen molar-refractivity contribution >= 4 is 17.0 Å². The number of para-hydroxylation sites is 2. The van der Waals surface area contributed by atoms with Crippen molar-refractivity contribution in [2.45, 2.75) is 19.1 Å². The van der Waals surface area contributed by atoms with Crippen LogP contribution < -0.4 is 10.6 Å². The Morgan fingerprint density at radius 3 is 2.64 bits per heavy atom. The maximum absolute atomic E-state index is 12.1. The van der Waals surface area contributed by atoms with Gasteiger partial charge in [0, 0.05) is 20.6 Å². The summed E-state index contributed by atoms with van der Waals surface area (Å²) in [5.74, 6) is 1.09. The van der Waals surface area contributed by atoms with E-state index in [0.717, 1.165) is 16.9 Å². The van der Waals surface area contributed by atoms with Crippen molar-refractivity contribution in [2.75, 3.05) is 13.6 Å². The summed E-state index contributed by atoms with van der Waals surface area (Å²) in [6.07, 6.45) is -5.08. The topological polar surface area (TPSA) is 54.2 Å². The number of hydrogen-bond donors (Lipinski definition) is 2. The van der Waals surface area contributed by atoms with Crippen LogP contribution in [0.15, 0.2) is 29.3 Å². The van der Waals surface area contributed by atoms with Gasteiger partial charge in [0.1, 0.15) is 5.82 Å². The fraction of sp³-hybridized carbons (Fsp3) is 0.429. The van der Waals surface area contributed by atoms with Crippen molar-refractivity contribution in [2.24, 2.45) is 12.0 Å². The summed E-state index contributed by atoms with van der Waals surface area (Å²) in [6, 6.07) is 7.71. The molecule has 22 heavy (non-hydrogen) atoms. The number of rotatable bonds is 4. The standard InChI is InChI=1S/C14H18F3N5/c1-18-13(19-8-7-14(15,16)17)20-9-12-21-10-5-3-4-6-11(10)22(12)2/h3-6H,7-9H2,1-2H3,(H2,18,19,20). The van der Waals surface area contributed by atoms with Gasteiger partial charge in [-0.1, -0.05) is 12.1 Å². The number of hydrogen-bond acceptors (Lipinski definition) is 2. The third-order valence-electron chi connectivity index (χ3n) is 3.22. The zero-order chi connectivity index (χ0) is 16.2. The number of alkyl halides is 3. The van der Waals surface area contributed by atoms with E-state index in [0.29, 0.717) is 12.5 Å². The molecular weight excluding hydrogens is 295 g/mol. The molecule has 0 aliphatic rings. The van der Waals surface area contributed by atoms with E-state index in [4.69, 9.17) is 0 Å². The Kier molecular flexibility index (Phi) is 4.89. The van der Waals surface area contributed by atoms with Crippen LogP contribution in [0.1, 0.15) is 12.2 Å². The van der Waals surface area contributed by atoms with E-state index in [9.17, 15) is 13.2 Å². The molecule has 0 aliphatic heterocycles. The van der Waals surface area contributed by atoms with Crippen LogP contribution >= 0.6 is 0 Å². The maximum atomic E-state index is 12.1. The second-order valence-electron chi connectivity index (χ2n) is 4.79. The Hall–Kier alpha value is -2.25. The number of halogens is 3. The van der Waals surface area contributed by atoms with Crippen molar-refractivity contribution in [1.82, 2.24) is 20.2 Å². The van der Waals surface area contributed by atoms with Gasteiger partial charge in [0.05, 0.1) is 24.0 Å². The highest BCUT2D eigenvalue weighted by Gasteiger charge is 2.26. The molecule has 0 saturated carbocycles. The molecule has 0 radical (unpaired) electrons. The molecule has 0 atom stereocenters. The molecule has 0 aliphatic carbocycles. The van der Waals surface area contributed by atoms with Gasteiger partial charge < -0.3 is 15.2 Å². The molecule has 2 N–H and O–H groups in total. The Labute approximate surface area is 126 Å². The normalized spacial score (nSPS) is 12.7. The zero-order valence-corrected chi connectivity index (χ0v) is 12.4. The highest BCUT2D eigenvalue weighted by atomic mass is 19.4. The van der Waals surface area contributed by atoms with E-state index in [-0.39, 0.29) is 6.54 Å². The molecule has 0 amide bonds. The molecule has 5 nitrogen and oxygen atoms in total. The number of nitrogens with one attached hydrogen (secondary N) is 2. The fourth-order valence-corrected chi connectivity index (χ4v) is 2.06. The highest BCUT2D eigenvalue weighted by Crippen LogP contribution is 2.18. The molecule has 0 unspecified atom stereocenters. The number of aliphatic imine (C=N–C) groups is 1. The number of benzene rings is 1. The SMILES string of the molecule is CN=C(NCCC(F)(F)F)NCc1nc2ccccc2n1C. The Morgan fingerprint density at radius 1 is 1.27 bits per heavy atom. The van der Waals surface area contributed by atoms with Crippen LogP contribution in [0.3, 0.4) is 0 Å². The van der Waals surface area contributed by atoms with Crippen LogP contribution in [0.4, 0.5) is 13.2 Å². The van der Waals surface area contributed by atoms with Gasteiger partial charge in [0.2, 0.25) is 0 Å². The van der Waals surface area contributed by atoms with E-state index in [1.165, 1.54) is 7.05 Å². The second-order valence-corrected chi connectivity index (χ2v) is 4.79. The number of aromatic nitrogens is 2. The average Bonchev–Trinajstić information content (AvgIpc) is 2.78. The van der Waals surface area contributed by atoms with Crippen LogP contribution in [0.25, 0.3) is 11.0 Å². The van der Waals surface area contributed by atoms with Gasteiger partial charge in [-0.05, 0) is 12.1 Å². The molecule has 2 aromatic rings. The molecule has 0 fully saturated rings. The number of imidazole rings is 1. The first-order valence-corrected chi connectivity index (χ1v) is 6.82. The lowest BCUT2D eigenvalue weighted by atomic mass is 10.3. The predicted molar refractivity (Wildman–Crippen MR) is 79.6 cm³/mol. The van der Waals surface area contributed by atoms with Crippen molar-refractivity contribution < 1.29 is 13.2 Å². The third kappa shape index (κ3) is 4.12. The van der Waals surface area contributed by atoms with E-state index < -0.39 is 12.6 Å². The Balaban J connectivity index is 1.94. The van der Waals surface area contributed by atoms with Crippen molar-refractivity contribution in [3.63, 3.8) is 0 Å². The lowest BCUT2D eigenvalue weighted by Gasteiger charge is -2.12. The summed E-state index contributed by atoms with van der Waals surface area (Å²) < 4.78 is 38.3. The van der Waals surface area contributed by atoms with Crippen molar-refractivity contribution in [3.8, 4) is 0 Å². The second kappa shape index (κ2) is 6.67. The summed E-state index contributed by atoms with van der Waals surface area (Å²) in [5.41, 5.74) is 1.88. The summed E-state index contributed by atoms with van der Waals surface area (Å²) in [4.78, 5) is 8.37. The van der Waals surface area contributed by atoms with Crippen LogP contribution in [-0.4, -0.2) is 35.3 Å². The predicted octanol–water partition coefficient (Wildman–Crippen LogP) is 2.19. The quantitative estimate of drug-likeness (QED) is 0.672. The lowest BCUT2D eigenvalue weighted by Crippen LogP contribution is -2.38. The molecule has 0 saturated heterocycles. The van der Waals surface area contributed by atoms with Gasteiger partial charge in [0.25, 0.3) is 0 Å². The fourth-order valence-electron chi connectivity index (χ4n) is 2.06. The molecule has 8 heteroatoms. The number of aryl methyl sites for hydroxylation is 1. The first-order valence-electron chi connectivity index (χ1n) is 6.82. The first-order chi connectivity index (χ1) is 10.4. The molecule has 1 aromatic heterocycles. The maximum Gasteiger partial charge on any atom is 0.390 e. The lowest BCUT2D eigenvalue weighted by molar-refractivity contribution is -0.132. The minimum absolute atomic E-state index is 0.217. The Morgan fingerprint density at radius 2 is 2.00 bits per heavy atom. The minimum atomic E-state index is -4.18. The van der Waals surface area contributed by atoms with E-state index in [1.807, 2.05) is 35.9 Å². The number of guanidine groups is 1. The molecule has 1 aromatic carbocycles. The van der Waals surface area contributed by atoms with Gasteiger partial charge in [-0.25, -0.2) is 4.98 Å². The van der Waals surface area contributed by atoms with Crippen LogP contribution in [0.2, 0.25) is 0 Å². The largest absolute Gasteiger partial charge is 0.390 e. The molecule has 0 spiro atoms. The molecule has 0 bridgehead atoms. The Bertz CT molecular complexity index is 660. The van der Waals surface area contributed by atoms with Gasteiger partial charge in [-0.3, -0.25) is 4.99 Å². The van der Waals surface area contributed by atoms with Gasteiger partial charge >= 0.3 is 6.18 Å². The summed E-state index contributed by atoms with van der Waals surface area (Å²) >= 11 is 0. The minimum Gasteiger partial charge on any atom is -0.356 e. The number of nitrogens with zero attached hydrogens (tertiary/aromatic N) is 3.